The van der Waals surface area contributed by atoms with Crippen molar-refractivity contribution < 1.29 is 14.3 Å². The number of hydrogen-bond acceptors (Lipinski definition) is 4. The Labute approximate surface area is 213 Å². The van der Waals surface area contributed by atoms with Crippen LogP contribution in [0.2, 0.25) is 5.02 Å². The molecule has 0 spiro atoms. The highest BCUT2D eigenvalue weighted by atomic mass is 127. The van der Waals surface area contributed by atoms with Crippen molar-refractivity contribution in [3.05, 3.63) is 91.0 Å². The smallest absolute Gasteiger partial charge is 0.244 e. The van der Waals surface area contributed by atoms with Gasteiger partial charge in [0.1, 0.15) is 6.61 Å². The van der Waals surface area contributed by atoms with E-state index in [4.69, 9.17) is 21.1 Å². The first-order valence-electron chi connectivity index (χ1n) is 10.6. The fourth-order valence-corrected chi connectivity index (χ4v) is 4.24. The van der Waals surface area contributed by atoms with Crippen molar-refractivity contribution in [3.8, 4) is 11.5 Å². The lowest BCUT2D eigenvalue weighted by Crippen LogP contribution is -2.20. The lowest BCUT2D eigenvalue weighted by molar-refractivity contribution is -0.120. The summed E-state index contributed by atoms with van der Waals surface area (Å²) in [6, 6.07) is 17.4. The number of carbonyl (C=O) groups excluding carboxylic acids is 1. The van der Waals surface area contributed by atoms with E-state index >= 15 is 0 Å². The molecule has 0 unspecified atom stereocenters. The fraction of sp³-hybridized carbons (Fsp3) is 0.231. The first-order chi connectivity index (χ1) is 15.9. The Kier molecular flexibility index (Phi) is 9.14. The highest BCUT2D eigenvalue weighted by Crippen LogP contribution is 2.35. The van der Waals surface area contributed by atoms with Gasteiger partial charge in [0.05, 0.1) is 22.8 Å². The quantitative estimate of drug-likeness (QED) is 0.187. The molecule has 33 heavy (non-hydrogen) atoms. The molecule has 0 saturated carbocycles. The van der Waals surface area contributed by atoms with E-state index in [9.17, 15) is 4.79 Å². The van der Waals surface area contributed by atoms with Crippen LogP contribution in [-0.2, 0) is 17.8 Å². The van der Waals surface area contributed by atoms with E-state index in [2.05, 4.69) is 39.2 Å². The molecular weight excluding hydrogens is 551 g/mol. The van der Waals surface area contributed by atoms with Crippen molar-refractivity contribution in [2.45, 2.75) is 33.8 Å². The van der Waals surface area contributed by atoms with Crippen LogP contribution >= 0.6 is 34.2 Å². The summed E-state index contributed by atoms with van der Waals surface area (Å²) in [5.74, 6) is 1.09. The van der Waals surface area contributed by atoms with Gasteiger partial charge in [0.2, 0.25) is 5.91 Å². The van der Waals surface area contributed by atoms with Gasteiger partial charge in [0.25, 0.3) is 0 Å². The second-order valence-corrected chi connectivity index (χ2v) is 9.11. The van der Waals surface area contributed by atoms with E-state index in [0.717, 1.165) is 25.8 Å². The Morgan fingerprint density at radius 1 is 1.09 bits per heavy atom. The number of aryl methyl sites for hydroxylation is 2. The predicted octanol–water partition coefficient (Wildman–Crippen LogP) is 6.23. The van der Waals surface area contributed by atoms with Crippen molar-refractivity contribution in [2.75, 3.05) is 6.61 Å². The zero-order valence-electron chi connectivity index (χ0n) is 18.8. The normalized spacial score (nSPS) is 10.9. The summed E-state index contributed by atoms with van der Waals surface area (Å²) in [6.07, 6.45) is 1.88. The van der Waals surface area contributed by atoms with Gasteiger partial charge in [-0.05, 0) is 78.3 Å². The lowest BCUT2D eigenvalue weighted by atomic mass is 10.0. The first kappa shape index (κ1) is 25.1. The summed E-state index contributed by atoms with van der Waals surface area (Å²) >= 11 is 8.44. The standard InChI is InChI=1S/C26H26ClIN2O3/c1-4-32-24-13-19(12-23(28)26(24)33-16-21-7-5-6-8-22(21)27)15-29-30-25(31)14-20-10-9-17(2)11-18(20)3/h5-13,15H,4,14,16H2,1-3H3,(H,30,31)/b29-15-. The molecule has 0 aromatic heterocycles. The third-order valence-corrected chi connectivity index (χ3v) is 6.08. The molecule has 0 fully saturated rings. The Bertz CT molecular complexity index is 1160. The molecule has 1 N–H and O–H groups in total. The van der Waals surface area contributed by atoms with Gasteiger partial charge in [-0.25, -0.2) is 5.43 Å². The number of benzene rings is 3. The van der Waals surface area contributed by atoms with E-state index in [1.807, 2.05) is 69.3 Å². The third-order valence-electron chi connectivity index (χ3n) is 4.91. The molecule has 1 amide bonds. The van der Waals surface area contributed by atoms with Crippen LogP contribution in [0.1, 0.15) is 34.7 Å². The van der Waals surface area contributed by atoms with Gasteiger partial charge in [-0.1, -0.05) is 53.6 Å². The van der Waals surface area contributed by atoms with Gasteiger partial charge >= 0.3 is 0 Å². The molecule has 3 aromatic carbocycles. The molecule has 0 saturated heterocycles. The van der Waals surface area contributed by atoms with Gasteiger partial charge in [-0.15, -0.1) is 0 Å². The SMILES string of the molecule is CCOc1cc(/C=N\NC(=O)Cc2ccc(C)cc2C)cc(I)c1OCc1ccccc1Cl. The van der Waals surface area contributed by atoms with Crippen LogP contribution in [0.25, 0.3) is 0 Å². The molecule has 3 rings (SSSR count). The van der Waals surface area contributed by atoms with E-state index in [1.165, 1.54) is 5.56 Å². The number of amides is 1. The molecule has 0 radical (unpaired) electrons. The maximum Gasteiger partial charge on any atom is 0.244 e. The van der Waals surface area contributed by atoms with Gasteiger partial charge in [-0.2, -0.15) is 5.10 Å². The summed E-state index contributed by atoms with van der Waals surface area (Å²) in [5.41, 5.74) is 7.55. The van der Waals surface area contributed by atoms with E-state index < -0.39 is 0 Å². The highest BCUT2D eigenvalue weighted by Gasteiger charge is 2.13. The average molecular weight is 577 g/mol. The third kappa shape index (κ3) is 7.20. The van der Waals surface area contributed by atoms with Gasteiger partial charge in [0.15, 0.2) is 11.5 Å². The van der Waals surface area contributed by atoms with E-state index in [1.54, 1.807) is 6.21 Å². The molecule has 5 nitrogen and oxygen atoms in total. The van der Waals surface area contributed by atoms with Crippen molar-refractivity contribution in [1.29, 1.82) is 0 Å². The maximum atomic E-state index is 12.3. The largest absolute Gasteiger partial charge is 0.490 e. The van der Waals surface area contributed by atoms with Crippen LogP contribution in [0.3, 0.4) is 0 Å². The van der Waals surface area contributed by atoms with Crippen molar-refractivity contribution in [3.63, 3.8) is 0 Å². The predicted molar refractivity (Wildman–Crippen MR) is 141 cm³/mol. The molecule has 0 heterocycles. The van der Waals surface area contributed by atoms with Crippen LogP contribution in [-0.4, -0.2) is 18.7 Å². The molecule has 0 aliphatic rings. The Morgan fingerprint density at radius 3 is 2.61 bits per heavy atom. The molecule has 0 aliphatic carbocycles. The summed E-state index contributed by atoms with van der Waals surface area (Å²) in [6.45, 7) is 6.78. The lowest BCUT2D eigenvalue weighted by Gasteiger charge is -2.15. The van der Waals surface area contributed by atoms with Gasteiger partial charge in [-0.3, -0.25) is 4.79 Å². The number of ether oxygens (including phenoxy) is 2. The highest BCUT2D eigenvalue weighted by molar-refractivity contribution is 14.1. The second kappa shape index (κ2) is 12.0. The van der Waals surface area contributed by atoms with Crippen LogP contribution in [0.5, 0.6) is 11.5 Å². The number of halogens is 2. The average Bonchev–Trinajstić information content (AvgIpc) is 2.76. The zero-order valence-corrected chi connectivity index (χ0v) is 21.7. The summed E-state index contributed by atoms with van der Waals surface area (Å²) in [7, 11) is 0. The van der Waals surface area contributed by atoms with E-state index in [0.29, 0.717) is 29.7 Å². The monoisotopic (exact) mass is 576 g/mol. The van der Waals surface area contributed by atoms with E-state index in [-0.39, 0.29) is 12.3 Å². The van der Waals surface area contributed by atoms with Crippen LogP contribution in [0.15, 0.2) is 59.7 Å². The minimum atomic E-state index is -0.169. The molecular formula is C26H26ClIN2O3. The second-order valence-electron chi connectivity index (χ2n) is 7.54. The van der Waals surface area contributed by atoms with Crippen LogP contribution in [0.4, 0.5) is 0 Å². The van der Waals surface area contributed by atoms with Crippen molar-refractivity contribution in [1.82, 2.24) is 5.43 Å². The summed E-state index contributed by atoms with van der Waals surface area (Å²) in [4.78, 5) is 12.3. The Hall–Kier alpha value is -2.58. The minimum absolute atomic E-state index is 0.169. The van der Waals surface area contributed by atoms with Gasteiger partial charge in [0, 0.05) is 10.6 Å². The van der Waals surface area contributed by atoms with Crippen LogP contribution in [0, 0.1) is 17.4 Å². The summed E-state index contributed by atoms with van der Waals surface area (Å²) < 4.78 is 12.7. The first-order valence-corrected chi connectivity index (χ1v) is 12.0. The molecule has 0 aliphatic heterocycles. The molecule has 0 bridgehead atoms. The summed E-state index contributed by atoms with van der Waals surface area (Å²) in [5, 5.41) is 4.78. The number of nitrogens with zero attached hydrogens (tertiary/aromatic N) is 1. The number of nitrogens with one attached hydrogen (secondary N) is 1. The Morgan fingerprint density at radius 2 is 1.88 bits per heavy atom. The van der Waals surface area contributed by atoms with Gasteiger partial charge < -0.3 is 9.47 Å². The number of hydrazone groups is 1. The van der Waals surface area contributed by atoms with Crippen LogP contribution < -0.4 is 14.9 Å². The number of rotatable bonds is 9. The Balaban J connectivity index is 1.68. The fourth-order valence-electron chi connectivity index (χ4n) is 3.27. The zero-order chi connectivity index (χ0) is 23.8. The van der Waals surface area contributed by atoms with Crippen molar-refractivity contribution in [2.24, 2.45) is 5.10 Å². The topological polar surface area (TPSA) is 59.9 Å². The minimum Gasteiger partial charge on any atom is -0.490 e. The van der Waals surface area contributed by atoms with Crippen molar-refractivity contribution >= 4 is 46.3 Å². The molecule has 7 heteroatoms. The molecule has 3 aromatic rings. The maximum absolute atomic E-state index is 12.3. The molecule has 0 atom stereocenters. The molecule has 172 valence electrons. The number of carbonyl (C=O) groups is 1. The number of hydrogen-bond donors (Lipinski definition) is 1.